The van der Waals surface area contributed by atoms with Crippen LogP contribution in [0.1, 0.15) is 44.6 Å². The van der Waals surface area contributed by atoms with Crippen LogP contribution >= 0.6 is 0 Å². The molecule has 1 N–H and O–H groups in total. The third-order valence-corrected chi connectivity index (χ3v) is 4.47. The van der Waals surface area contributed by atoms with E-state index in [1.165, 1.54) is 6.42 Å². The van der Waals surface area contributed by atoms with Crippen molar-refractivity contribution >= 4 is 10.9 Å². The van der Waals surface area contributed by atoms with E-state index in [0.717, 1.165) is 48.1 Å². The summed E-state index contributed by atoms with van der Waals surface area (Å²) in [5, 5.41) is 12.2. The lowest BCUT2D eigenvalue weighted by molar-refractivity contribution is 0.0211. The normalized spacial score (nSPS) is 28.2. The number of aliphatic hydroxyl groups is 1. The van der Waals surface area contributed by atoms with E-state index in [9.17, 15) is 5.11 Å². The summed E-state index contributed by atoms with van der Waals surface area (Å²) < 4.78 is 0. The van der Waals surface area contributed by atoms with E-state index in [2.05, 4.69) is 24.0 Å². The molecule has 2 atom stereocenters. The van der Waals surface area contributed by atoms with Crippen molar-refractivity contribution in [3.63, 3.8) is 0 Å². The van der Waals surface area contributed by atoms with Crippen molar-refractivity contribution in [2.75, 3.05) is 0 Å². The quantitative estimate of drug-likeness (QED) is 0.781. The highest BCUT2D eigenvalue weighted by Crippen LogP contribution is 2.39. The summed E-state index contributed by atoms with van der Waals surface area (Å²) in [4.78, 5) is 4.49. The number of pyridine rings is 1. The number of fused-ring (bicyclic) bond motifs is 1. The Morgan fingerprint density at radius 2 is 2.00 bits per heavy atom. The summed E-state index contributed by atoms with van der Waals surface area (Å²) in [7, 11) is 0. The number of nitrogens with zero attached hydrogens (tertiary/aromatic N) is 1. The van der Waals surface area contributed by atoms with Crippen molar-refractivity contribution in [1.82, 2.24) is 4.98 Å². The first kappa shape index (κ1) is 12.6. The van der Waals surface area contributed by atoms with Gasteiger partial charge in [-0.25, -0.2) is 0 Å². The molecular weight excluding hydrogens is 234 g/mol. The van der Waals surface area contributed by atoms with Crippen LogP contribution < -0.4 is 0 Å². The molecule has 0 aliphatic heterocycles. The van der Waals surface area contributed by atoms with E-state index in [4.69, 9.17) is 0 Å². The van der Waals surface area contributed by atoms with Gasteiger partial charge in [-0.2, -0.15) is 0 Å². The average molecular weight is 255 g/mol. The zero-order chi connectivity index (χ0) is 13.3. The summed E-state index contributed by atoms with van der Waals surface area (Å²) in [5.74, 6) is 0.719. The molecule has 1 saturated carbocycles. The molecule has 1 aromatic carbocycles. The van der Waals surface area contributed by atoms with Crippen molar-refractivity contribution in [2.24, 2.45) is 5.92 Å². The lowest BCUT2D eigenvalue weighted by Crippen LogP contribution is -2.25. The summed E-state index contributed by atoms with van der Waals surface area (Å²) in [5.41, 5.74) is 1.28. The van der Waals surface area contributed by atoms with E-state index in [1.807, 2.05) is 24.4 Å². The molecule has 3 rings (SSSR count). The Hall–Kier alpha value is -1.41. The molecule has 19 heavy (non-hydrogen) atoms. The Balaban J connectivity index is 2.07. The van der Waals surface area contributed by atoms with Crippen molar-refractivity contribution in [3.05, 3.63) is 42.1 Å². The highest BCUT2D eigenvalue weighted by atomic mass is 16.3. The summed E-state index contributed by atoms with van der Waals surface area (Å²) in [6, 6.07) is 10.2. The van der Waals surface area contributed by atoms with Gasteiger partial charge in [-0.05, 0) is 37.7 Å². The molecule has 2 nitrogen and oxygen atoms in total. The molecule has 1 aliphatic carbocycles. The van der Waals surface area contributed by atoms with Crippen molar-refractivity contribution in [1.29, 1.82) is 0 Å². The van der Waals surface area contributed by atoms with Crippen molar-refractivity contribution < 1.29 is 5.11 Å². The molecule has 0 spiro atoms. The third kappa shape index (κ3) is 2.37. The molecule has 1 heterocycles. The molecule has 2 aromatic rings. The first-order chi connectivity index (χ1) is 9.19. The number of hydrogen-bond donors (Lipinski definition) is 1. The number of aromatic nitrogens is 1. The van der Waals surface area contributed by atoms with Gasteiger partial charge in [0.05, 0.1) is 11.1 Å². The average Bonchev–Trinajstić information content (AvgIpc) is 2.61. The molecule has 2 heteroatoms. The molecular formula is C17H21NO. The smallest absolute Gasteiger partial charge is 0.0917 e. The lowest BCUT2D eigenvalue weighted by atomic mass is 9.85. The number of rotatable bonds is 1. The molecule has 0 saturated heterocycles. The van der Waals surface area contributed by atoms with Gasteiger partial charge in [0.1, 0.15) is 0 Å². The van der Waals surface area contributed by atoms with E-state index in [-0.39, 0.29) is 0 Å². The Bertz CT molecular complexity index is 575. The summed E-state index contributed by atoms with van der Waals surface area (Å²) in [6.07, 6.45) is 6.94. The van der Waals surface area contributed by atoms with Gasteiger partial charge in [0, 0.05) is 17.1 Å². The van der Waals surface area contributed by atoms with Gasteiger partial charge >= 0.3 is 0 Å². The molecule has 2 unspecified atom stereocenters. The number of benzene rings is 1. The van der Waals surface area contributed by atoms with Gasteiger partial charge in [0.25, 0.3) is 0 Å². The topological polar surface area (TPSA) is 33.1 Å². The fraction of sp³-hybridized carbons (Fsp3) is 0.471. The largest absolute Gasteiger partial charge is 0.385 e. The van der Waals surface area contributed by atoms with E-state index >= 15 is 0 Å². The predicted octanol–water partition coefficient (Wildman–Crippen LogP) is 4.02. The fourth-order valence-electron chi connectivity index (χ4n) is 3.25. The minimum Gasteiger partial charge on any atom is -0.385 e. The van der Waals surface area contributed by atoms with Crippen LogP contribution in [0.3, 0.4) is 0 Å². The second kappa shape index (κ2) is 4.93. The van der Waals surface area contributed by atoms with Crippen LogP contribution in [-0.4, -0.2) is 10.1 Å². The highest BCUT2D eigenvalue weighted by molar-refractivity contribution is 5.82. The van der Waals surface area contributed by atoms with Gasteiger partial charge < -0.3 is 5.11 Å². The van der Waals surface area contributed by atoms with E-state index in [1.54, 1.807) is 0 Å². The Kier molecular flexibility index (Phi) is 3.28. The fourth-order valence-corrected chi connectivity index (χ4v) is 3.25. The SMILES string of the molecule is CC1CCCC(O)(c2cccc3cccnc23)CC1. The van der Waals surface area contributed by atoms with Crippen molar-refractivity contribution in [2.45, 2.75) is 44.6 Å². The Morgan fingerprint density at radius 1 is 1.16 bits per heavy atom. The van der Waals surface area contributed by atoms with Crippen molar-refractivity contribution in [3.8, 4) is 0 Å². The zero-order valence-electron chi connectivity index (χ0n) is 11.5. The number of hydrogen-bond acceptors (Lipinski definition) is 2. The molecule has 1 fully saturated rings. The minimum atomic E-state index is -0.696. The molecule has 0 radical (unpaired) electrons. The van der Waals surface area contributed by atoms with Crippen LogP contribution in [0, 0.1) is 5.92 Å². The molecule has 100 valence electrons. The van der Waals surface area contributed by atoms with Crippen LogP contribution in [0.15, 0.2) is 36.5 Å². The second-order valence-corrected chi connectivity index (χ2v) is 5.95. The molecule has 1 aromatic heterocycles. The Labute approximate surface area is 114 Å². The zero-order valence-corrected chi connectivity index (χ0v) is 11.5. The van der Waals surface area contributed by atoms with E-state index < -0.39 is 5.60 Å². The standard InChI is InChI=1S/C17H21NO/c1-13-5-3-10-17(19,11-9-13)15-8-2-6-14-7-4-12-18-16(14)15/h2,4,6-8,12-13,19H,3,5,9-11H2,1H3. The maximum atomic E-state index is 11.1. The Morgan fingerprint density at radius 3 is 2.89 bits per heavy atom. The monoisotopic (exact) mass is 255 g/mol. The third-order valence-electron chi connectivity index (χ3n) is 4.47. The minimum absolute atomic E-state index is 0.696. The first-order valence-electron chi connectivity index (χ1n) is 7.26. The maximum Gasteiger partial charge on any atom is 0.0917 e. The van der Waals surface area contributed by atoms with Gasteiger partial charge in [-0.15, -0.1) is 0 Å². The van der Waals surface area contributed by atoms with E-state index in [0.29, 0.717) is 0 Å². The van der Waals surface area contributed by atoms with Gasteiger partial charge in [-0.3, -0.25) is 4.98 Å². The molecule has 0 amide bonds. The van der Waals surface area contributed by atoms with Crippen LogP contribution in [0.25, 0.3) is 10.9 Å². The first-order valence-corrected chi connectivity index (χ1v) is 7.26. The van der Waals surface area contributed by atoms with Gasteiger partial charge in [0.15, 0.2) is 0 Å². The predicted molar refractivity (Wildman–Crippen MR) is 77.9 cm³/mol. The van der Waals surface area contributed by atoms with Crippen LogP contribution in [0.5, 0.6) is 0 Å². The maximum absolute atomic E-state index is 11.1. The molecule has 0 bridgehead atoms. The van der Waals surface area contributed by atoms with Crippen LogP contribution in [0.4, 0.5) is 0 Å². The highest BCUT2D eigenvalue weighted by Gasteiger charge is 2.33. The van der Waals surface area contributed by atoms with Crippen LogP contribution in [-0.2, 0) is 5.60 Å². The van der Waals surface area contributed by atoms with Gasteiger partial charge in [0.2, 0.25) is 0 Å². The summed E-state index contributed by atoms with van der Waals surface area (Å²) >= 11 is 0. The number of para-hydroxylation sites is 1. The van der Waals surface area contributed by atoms with Crippen LogP contribution in [0.2, 0.25) is 0 Å². The lowest BCUT2D eigenvalue weighted by Gasteiger charge is -2.28. The molecule has 1 aliphatic rings. The van der Waals surface area contributed by atoms with Gasteiger partial charge in [-0.1, -0.05) is 37.6 Å². The summed E-state index contributed by atoms with van der Waals surface area (Å²) in [6.45, 7) is 2.28. The second-order valence-electron chi connectivity index (χ2n) is 5.95.